The first-order valence-electron chi connectivity index (χ1n) is 12.6. The highest BCUT2D eigenvalue weighted by Crippen LogP contribution is 2.31. The summed E-state index contributed by atoms with van der Waals surface area (Å²) in [6, 6.07) is 13.8. The molecule has 2 aromatic carbocycles. The number of nitrogens with one attached hydrogen (secondary N) is 1. The zero-order chi connectivity index (χ0) is 27.1. The Kier molecular flexibility index (Phi) is 10.00. The fraction of sp³-hybridized carbons (Fsp3) is 0.464. The summed E-state index contributed by atoms with van der Waals surface area (Å²) in [5.74, 6) is 1.74. The number of ether oxygens (including phenoxy) is 2. The summed E-state index contributed by atoms with van der Waals surface area (Å²) in [5.41, 5.74) is 3.32. The standard InChI is InChI=1S/C28H38N4O4S/c1-18(2)31(19(3)4)16-27(33)29-23-11-8-21(9-12-23)15-32-28(34)37-17-24(30-32)22-10-13-25(35-7)26(14-22)36-20(5)6/h8-14,18-20H,15-17H2,1-7H3,(H,29,33). The van der Waals surface area contributed by atoms with E-state index in [0.29, 0.717) is 30.3 Å². The molecule has 0 radical (unpaired) electrons. The maximum atomic E-state index is 12.6. The highest BCUT2D eigenvalue weighted by molar-refractivity contribution is 8.14. The fourth-order valence-corrected chi connectivity index (χ4v) is 4.80. The van der Waals surface area contributed by atoms with Crippen LogP contribution in [0.5, 0.6) is 11.5 Å². The van der Waals surface area contributed by atoms with Crippen LogP contribution in [-0.2, 0) is 11.3 Å². The zero-order valence-electron chi connectivity index (χ0n) is 22.8. The van der Waals surface area contributed by atoms with Gasteiger partial charge >= 0.3 is 5.24 Å². The summed E-state index contributed by atoms with van der Waals surface area (Å²) in [4.78, 5) is 27.3. The molecule has 8 nitrogen and oxygen atoms in total. The van der Waals surface area contributed by atoms with Gasteiger partial charge < -0.3 is 14.8 Å². The number of methoxy groups -OCH3 is 1. The van der Waals surface area contributed by atoms with E-state index in [1.807, 2.05) is 56.3 Å². The van der Waals surface area contributed by atoms with E-state index in [0.717, 1.165) is 22.5 Å². The van der Waals surface area contributed by atoms with E-state index in [9.17, 15) is 9.59 Å². The van der Waals surface area contributed by atoms with Gasteiger partial charge in [-0.1, -0.05) is 23.9 Å². The molecule has 1 aliphatic rings. The predicted molar refractivity (Wildman–Crippen MR) is 151 cm³/mol. The molecule has 1 heterocycles. The van der Waals surface area contributed by atoms with E-state index < -0.39 is 0 Å². The van der Waals surface area contributed by atoms with Crippen LogP contribution in [0.3, 0.4) is 0 Å². The number of carbonyl (C=O) groups excluding carboxylic acids is 2. The molecular formula is C28H38N4O4S. The van der Waals surface area contributed by atoms with Gasteiger partial charge in [0.1, 0.15) is 0 Å². The number of hydrogen-bond donors (Lipinski definition) is 1. The third-order valence-electron chi connectivity index (χ3n) is 5.87. The van der Waals surface area contributed by atoms with Gasteiger partial charge in [0.2, 0.25) is 5.91 Å². The van der Waals surface area contributed by atoms with Crippen molar-refractivity contribution in [1.82, 2.24) is 9.91 Å². The Morgan fingerprint density at radius 3 is 2.32 bits per heavy atom. The van der Waals surface area contributed by atoms with E-state index in [1.54, 1.807) is 7.11 Å². The second kappa shape index (κ2) is 13.0. The van der Waals surface area contributed by atoms with Gasteiger partial charge in [0.05, 0.1) is 32.0 Å². The van der Waals surface area contributed by atoms with Crippen molar-refractivity contribution in [2.45, 2.75) is 66.3 Å². The molecule has 3 rings (SSSR count). The van der Waals surface area contributed by atoms with Gasteiger partial charge in [-0.25, -0.2) is 5.01 Å². The van der Waals surface area contributed by atoms with Gasteiger partial charge in [-0.2, -0.15) is 5.10 Å². The quantitative estimate of drug-likeness (QED) is 0.410. The summed E-state index contributed by atoms with van der Waals surface area (Å²) < 4.78 is 11.3. The molecule has 0 aromatic heterocycles. The SMILES string of the molecule is COc1ccc(C2=NN(Cc3ccc(NC(=O)CN(C(C)C)C(C)C)cc3)C(=O)SC2)cc1OC(C)C. The lowest BCUT2D eigenvalue weighted by molar-refractivity contribution is -0.118. The molecule has 1 aliphatic heterocycles. The van der Waals surface area contributed by atoms with Crippen LogP contribution in [0.15, 0.2) is 47.6 Å². The number of amides is 2. The minimum atomic E-state index is -0.101. The molecule has 2 aromatic rings. The lowest BCUT2D eigenvalue weighted by Gasteiger charge is -2.29. The zero-order valence-corrected chi connectivity index (χ0v) is 23.6. The second-order valence-electron chi connectivity index (χ2n) is 9.80. The van der Waals surface area contributed by atoms with Crippen molar-refractivity contribution in [2.24, 2.45) is 5.10 Å². The molecule has 0 spiro atoms. The molecule has 1 N–H and O–H groups in total. The van der Waals surface area contributed by atoms with Gasteiger partial charge in [-0.05, 0) is 77.4 Å². The van der Waals surface area contributed by atoms with Crippen LogP contribution in [0.4, 0.5) is 10.5 Å². The number of carbonyl (C=O) groups is 2. The summed E-state index contributed by atoms with van der Waals surface area (Å²) in [6.45, 7) is 12.9. The van der Waals surface area contributed by atoms with Crippen LogP contribution < -0.4 is 14.8 Å². The van der Waals surface area contributed by atoms with Gasteiger partial charge in [0, 0.05) is 29.1 Å². The monoisotopic (exact) mass is 526 g/mol. The lowest BCUT2D eigenvalue weighted by Crippen LogP contribution is -2.42. The van der Waals surface area contributed by atoms with E-state index in [4.69, 9.17) is 9.47 Å². The fourth-order valence-electron chi connectivity index (χ4n) is 4.06. The third-order valence-corrected chi connectivity index (χ3v) is 6.74. The maximum Gasteiger partial charge on any atom is 0.302 e. The van der Waals surface area contributed by atoms with E-state index in [-0.39, 0.29) is 29.3 Å². The largest absolute Gasteiger partial charge is 0.493 e. The van der Waals surface area contributed by atoms with Crippen molar-refractivity contribution in [3.05, 3.63) is 53.6 Å². The van der Waals surface area contributed by atoms with Gasteiger partial charge in [0.25, 0.3) is 0 Å². The van der Waals surface area contributed by atoms with Crippen molar-refractivity contribution >= 4 is 34.3 Å². The van der Waals surface area contributed by atoms with E-state index >= 15 is 0 Å². The molecule has 0 aliphatic carbocycles. The number of hydrazone groups is 1. The Hall–Kier alpha value is -3.04. The molecule has 200 valence electrons. The summed E-state index contributed by atoms with van der Waals surface area (Å²) in [5, 5.41) is 8.99. The minimum absolute atomic E-state index is 0.00185. The van der Waals surface area contributed by atoms with Crippen molar-refractivity contribution in [2.75, 3.05) is 24.7 Å². The molecular weight excluding hydrogens is 488 g/mol. The molecule has 2 amide bonds. The normalized spacial score (nSPS) is 14.0. The molecule has 0 saturated carbocycles. The molecule has 0 atom stereocenters. The third kappa shape index (κ3) is 7.97. The predicted octanol–water partition coefficient (Wildman–Crippen LogP) is 5.61. The van der Waals surface area contributed by atoms with Gasteiger partial charge in [-0.15, -0.1) is 0 Å². The highest BCUT2D eigenvalue weighted by Gasteiger charge is 2.23. The highest BCUT2D eigenvalue weighted by atomic mass is 32.2. The Morgan fingerprint density at radius 2 is 1.73 bits per heavy atom. The maximum absolute atomic E-state index is 12.6. The number of hydrogen-bond acceptors (Lipinski definition) is 7. The average Bonchev–Trinajstić information content (AvgIpc) is 2.84. The van der Waals surface area contributed by atoms with Crippen LogP contribution in [-0.4, -0.2) is 64.4 Å². The summed E-state index contributed by atoms with van der Waals surface area (Å²) >= 11 is 1.22. The molecule has 37 heavy (non-hydrogen) atoms. The van der Waals surface area contributed by atoms with E-state index in [2.05, 4.69) is 43.0 Å². The van der Waals surface area contributed by atoms with Gasteiger partial charge in [-0.3, -0.25) is 14.5 Å². The van der Waals surface area contributed by atoms with Crippen molar-refractivity contribution in [3.8, 4) is 11.5 Å². The van der Waals surface area contributed by atoms with Crippen molar-refractivity contribution in [1.29, 1.82) is 0 Å². The molecule has 9 heteroatoms. The summed E-state index contributed by atoms with van der Waals surface area (Å²) in [6.07, 6.45) is 0.00185. The number of nitrogens with zero attached hydrogens (tertiary/aromatic N) is 3. The Bertz CT molecular complexity index is 1110. The average molecular weight is 527 g/mol. The number of thioether (sulfide) groups is 1. The van der Waals surface area contributed by atoms with Crippen LogP contribution in [0.25, 0.3) is 0 Å². The van der Waals surface area contributed by atoms with Crippen molar-refractivity contribution < 1.29 is 19.1 Å². The van der Waals surface area contributed by atoms with Crippen LogP contribution in [0, 0.1) is 0 Å². The topological polar surface area (TPSA) is 83.5 Å². The Labute approximate surface area is 224 Å². The number of benzene rings is 2. The molecule has 0 saturated heterocycles. The number of anilines is 1. The van der Waals surface area contributed by atoms with Crippen LogP contribution in [0.1, 0.15) is 52.7 Å². The Morgan fingerprint density at radius 1 is 1.05 bits per heavy atom. The summed E-state index contributed by atoms with van der Waals surface area (Å²) in [7, 11) is 1.61. The van der Waals surface area contributed by atoms with Gasteiger partial charge in [0.15, 0.2) is 11.5 Å². The van der Waals surface area contributed by atoms with Crippen molar-refractivity contribution in [3.63, 3.8) is 0 Å². The molecule has 0 bridgehead atoms. The smallest absolute Gasteiger partial charge is 0.302 e. The number of rotatable bonds is 11. The first-order chi connectivity index (χ1) is 17.6. The molecule has 0 unspecified atom stereocenters. The lowest BCUT2D eigenvalue weighted by atomic mass is 10.1. The first kappa shape index (κ1) is 28.5. The van der Waals surface area contributed by atoms with Crippen LogP contribution >= 0.6 is 11.8 Å². The Balaban J connectivity index is 1.69. The van der Waals surface area contributed by atoms with E-state index in [1.165, 1.54) is 16.8 Å². The minimum Gasteiger partial charge on any atom is -0.493 e. The first-order valence-corrected chi connectivity index (χ1v) is 13.6. The second-order valence-corrected chi connectivity index (χ2v) is 10.7. The van der Waals surface area contributed by atoms with Crippen LogP contribution in [0.2, 0.25) is 0 Å². The molecule has 0 fully saturated rings.